The number of amides is 1. The van der Waals surface area contributed by atoms with Gasteiger partial charge in [-0.15, -0.1) is 0 Å². The average Bonchev–Trinajstić information content (AvgIpc) is 3.72. The number of ether oxygens (including phenoxy) is 1. The Hall–Kier alpha value is -4.91. The van der Waals surface area contributed by atoms with Crippen molar-refractivity contribution in [1.82, 2.24) is 29.0 Å². The molecule has 3 unspecified atom stereocenters. The van der Waals surface area contributed by atoms with E-state index in [-0.39, 0.29) is 5.91 Å². The maximum atomic E-state index is 14.0. The Morgan fingerprint density at radius 3 is 2.68 bits per heavy atom. The van der Waals surface area contributed by atoms with Gasteiger partial charge in [-0.3, -0.25) is 9.78 Å². The first kappa shape index (κ1) is 27.2. The summed E-state index contributed by atoms with van der Waals surface area (Å²) < 4.78 is 10.7. The predicted molar refractivity (Wildman–Crippen MR) is 177 cm³/mol. The highest BCUT2D eigenvalue weighted by Crippen LogP contribution is 2.60. The molecule has 10 rings (SSSR count). The largest absolute Gasteiger partial charge is 0.494 e. The predicted octanol–water partition coefficient (Wildman–Crippen LogP) is 5.36. The van der Waals surface area contributed by atoms with Crippen LogP contribution in [0.1, 0.15) is 41.6 Å². The van der Waals surface area contributed by atoms with E-state index in [4.69, 9.17) is 14.7 Å². The van der Waals surface area contributed by atoms with Crippen molar-refractivity contribution in [3.05, 3.63) is 66.1 Å². The number of anilines is 1. The summed E-state index contributed by atoms with van der Waals surface area (Å²) in [5.74, 6) is 4.92. The van der Waals surface area contributed by atoms with Crippen LogP contribution in [-0.4, -0.2) is 67.7 Å². The quantitative estimate of drug-likeness (QED) is 0.229. The van der Waals surface area contributed by atoms with Crippen molar-refractivity contribution in [1.29, 1.82) is 5.26 Å². The lowest BCUT2D eigenvalue weighted by Crippen LogP contribution is -2.53. The highest BCUT2D eigenvalue weighted by atomic mass is 16.5. The summed E-state index contributed by atoms with van der Waals surface area (Å²) in [7, 11) is 1.70. The third-order valence-corrected chi connectivity index (χ3v) is 11.7. The molecule has 2 aliphatic heterocycles. The molecule has 0 spiro atoms. The van der Waals surface area contributed by atoms with E-state index < -0.39 is 0 Å². The minimum Gasteiger partial charge on any atom is -0.494 e. The number of methoxy groups -OCH3 is 1. The fourth-order valence-corrected chi connectivity index (χ4v) is 9.08. The maximum Gasteiger partial charge on any atom is 0.254 e. The van der Waals surface area contributed by atoms with Crippen molar-refractivity contribution in [2.24, 2.45) is 29.6 Å². The van der Waals surface area contributed by atoms with Crippen LogP contribution in [0, 0.1) is 40.9 Å². The molecule has 6 heterocycles. The van der Waals surface area contributed by atoms with E-state index in [0.717, 1.165) is 90.3 Å². The molecule has 47 heavy (non-hydrogen) atoms. The second-order valence-corrected chi connectivity index (χ2v) is 14.5. The summed E-state index contributed by atoms with van der Waals surface area (Å²) in [4.78, 5) is 32.8. The lowest BCUT2D eigenvalue weighted by Gasteiger charge is -2.52. The first-order chi connectivity index (χ1) is 23.1. The average molecular weight is 625 g/mol. The molecule has 1 aromatic carbocycles. The first-order valence-corrected chi connectivity index (χ1v) is 17.0. The van der Waals surface area contributed by atoms with Gasteiger partial charge < -0.3 is 23.7 Å². The second-order valence-electron chi connectivity index (χ2n) is 14.5. The van der Waals surface area contributed by atoms with Gasteiger partial charge >= 0.3 is 0 Å². The summed E-state index contributed by atoms with van der Waals surface area (Å²) >= 11 is 0. The highest BCUT2D eigenvalue weighted by Gasteiger charge is 2.61. The fourth-order valence-electron chi connectivity index (χ4n) is 9.08. The lowest BCUT2D eigenvalue weighted by atomic mass is 9.53. The van der Waals surface area contributed by atoms with E-state index in [2.05, 4.69) is 42.1 Å². The molecule has 1 amide bonds. The number of hydrogen-bond donors (Lipinski definition) is 0. The SMILES string of the molecule is COc1cc(C(=O)N2CC3CC4CC2[C@H]43)cc2nc(-c3cc4cccnc4n3CC3CC3)n(CC3CN(c4cncc(C#N)c4)C3)c12. The van der Waals surface area contributed by atoms with E-state index >= 15 is 0 Å². The first-order valence-electron chi connectivity index (χ1n) is 17.0. The molecule has 236 valence electrons. The maximum absolute atomic E-state index is 14.0. The highest BCUT2D eigenvalue weighted by molar-refractivity contribution is 6.00. The van der Waals surface area contributed by atoms with Gasteiger partial charge in [0.2, 0.25) is 0 Å². The van der Waals surface area contributed by atoms with Crippen molar-refractivity contribution in [2.75, 3.05) is 31.6 Å². The minimum atomic E-state index is 0.106. The molecular formula is C37H36N8O2. The summed E-state index contributed by atoms with van der Waals surface area (Å²) in [5.41, 5.74) is 5.95. The van der Waals surface area contributed by atoms with Gasteiger partial charge in [0.25, 0.3) is 5.91 Å². The van der Waals surface area contributed by atoms with Crippen LogP contribution in [0.5, 0.6) is 5.75 Å². The molecule has 0 N–H and O–H groups in total. The standard InChI is InChI=1S/C37H36N8O2/c1-47-32-12-26(37(46)44-20-27-8-25-11-30(44)33(25)27)9-29-34(32)45(19-23-16-42(17-23)28-7-22(13-38)14-39-15-28)36(41-29)31-10-24-3-2-6-40-35(24)43(31)18-21-4-5-21/h2-3,6-7,9-10,12,14-15,21,23,25,27,30,33H,4-5,8,11,16-20H2,1H3/t25?,27?,30?,33-/m1/s1. The number of imidazole rings is 1. The Kier molecular flexibility index (Phi) is 5.82. The Bertz CT molecular complexity index is 2130. The number of pyridine rings is 2. The van der Waals surface area contributed by atoms with Gasteiger partial charge in [-0.25, -0.2) is 9.97 Å². The molecule has 0 bridgehead atoms. The smallest absolute Gasteiger partial charge is 0.254 e. The molecule has 4 atom stereocenters. The van der Waals surface area contributed by atoms with Crippen LogP contribution in [0.3, 0.4) is 0 Å². The Morgan fingerprint density at radius 2 is 1.89 bits per heavy atom. The van der Waals surface area contributed by atoms with Gasteiger partial charge in [-0.05, 0) is 85.8 Å². The minimum absolute atomic E-state index is 0.106. The number of carbonyl (C=O) groups excluding carboxylic acids is 1. The van der Waals surface area contributed by atoms with Crippen molar-refractivity contribution in [3.63, 3.8) is 0 Å². The normalized spacial score (nSPS) is 24.5. The van der Waals surface area contributed by atoms with Crippen molar-refractivity contribution < 1.29 is 9.53 Å². The zero-order valence-electron chi connectivity index (χ0n) is 26.4. The van der Waals surface area contributed by atoms with Crippen LogP contribution < -0.4 is 9.64 Å². The summed E-state index contributed by atoms with van der Waals surface area (Å²) in [6, 6.07) is 14.8. The summed E-state index contributed by atoms with van der Waals surface area (Å²) in [5, 5.41) is 10.5. The zero-order valence-corrected chi connectivity index (χ0v) is 26.4. The van der Waals surface area contributed by atoms with E-state index in [1.165, 1.54) is 19.3 Å². The van der Waals surface area contributed by atoms with Crippen molar-refractivity contribution in [3.8, 4) is 23.3 Å². The Balaban J connectivity index is 1.06. The lowest BCUT2D eigenvalue weighted by molar-refractivity contribution is -0.0204. The van der Waals surface area contributed by atoms with E-state index in [1.807, 2.05) is 36.7 Å². The third-order valence-electron chi connectivity index (χ3n) is 11.7. The van der Waals surface area contributed by atoms with Gasteiger partial charge in [0.1, 0.15) is 23.0 Å². The van der Waals surface area contributed by atoms with Gasteiger partial charge in [-0.2, -0.15) is 5.26 Å². The van der Waals surface area contributed by atoms with Crippen LogP contribution in [0.15, 0.2) is 55.0 Å². The topological polar surface area (TPSA) is 105 Å². The third kappa shape index (κ3) is 4.14. The summed E-state index contributed by atoms with van der Waals surface area (Å²) in [6.45, 7) is 4.24. The molecule has 10 nitrogen and oxygen atoms in total. The van der Waals surface area contributed by atoms with Gasteiger partial charge in [0, 0.05) is 68.0 Å². The molecule has 10 heteroatoms. The number of nitrogens with zero attached hydrogens (tertiary/aromatic N) is 8. The van der Waals surface area contributed by atoms with Gasteiger partial charge in [0.05, 0.1) is 35.8 Å². The van der Waals surface area contributed by atoms with Crippen LogP contribution in [0.4, 0.5) is 5.69 Å². The Morgan fingerprint density at radius 1 is 1.02 bits per heavy atom. The van der Waals surface area contributed by atoms with Gasteiger partial charge in [0.15, 0.2) is 5.82 Å². The van der Waals surface area contributed by atoms with Crippen LogP contribution in [-0.2, 0) is 13.1 Å². The van der Waals surface area contributed by atoms with Gasteiger partial charge in [-0.1, -0.05) is 0 Å². The number of likely N-dealkylation sites (tertiary alicyclic amines) is 1. The molecule has 5 aromatic rings. The van der Waals surface area contributed by atoms with E-state index in [0.29, 0.717) is 40.7 Å². The number of benzene rings is 1. The van der Waals surface area contributed by atoms with Crippen LogP contribution in [0.25, 0.3) is 33.6 Å². The van der Waals surface area contributed by atoms with Crippen molar-refractivity contribution >= 4 is 33.7 Å². The van der Waals surface area contributed by atoms with E-state index in [1.54, 1.807) is 13.3 Å². The van der Waals surface area contributed by atoms with E-state index in [9.17, 15) is 10.1 Å². The second kappa shape index (κ2) is 10.0. The monoisotopic (exact) mass is 624 g/mol. The number of fused-ring (bicyclic) bond motifs is 2. The molecule has 5 aliphatic rings. The molecule has 5 fully saturated rings. The fraction of sp³-hybridized carbons (Fsp3) is 0.432. The number of nitriles is 1. The number of hydrogen-bond acceptors (Lipinski definition) is 7. The summed E-state index contributed by atoms with van der Waals surface area (Å²) in [6.07, 6.45) is 10.2. The molecule has 0 radical (unpaired) electrons. The van der Waals surface area contributed by atoms with Crippen molar-refractivity contribution in [2.45, 2.75) is 44.8 Å². The van der Waals surface area contributed by atoms with Crippen LogP contribution in [0.2, 0.25) is 0 Å². The molecule has 3 saturated carbocycles. The number of aromatic nitrogens is 5. The number of carbonyl (C=O) groups is 1. The molecule has 2 saturated heterocycles. The Labute approximate surface area is 272 Å². The molecular weight excluding hydrogens is 588 g/mol. The zero-order chi connectivity index (χ0) is 31.4. The molecule has 3 aliphatic carbocycles. The van der Waals surface area contributed by atoms with Crippen LogP contribution >= 0.6 is 0 Å². The number of rotatable bonds is 8. The molecule has 4 aromatic heterocycles.